The van der Waals surface area contributed by atoms with Crippen molar-refractivity contribution < 1.29 is 4.79 Å². The van der Waals surface area contributed by atoms with E-state index in [0.29, 0.717) is 17.3 Å². The largest absolute Gasteiger partial charge is 0.346 e. The van der Waals surface area contributed by atoms with Crippen LogP contribution >= 0.6 is 11.6 Å². The molecule has 1 amide bonds. The lowest BCUT2D eigenvalue weighted by molar-refractivity contribution is -0.116. The number of hydrogen-bond donors (Lipinski definition) is 1. The van der Waals surface area contributed by atoms with Crippen molar-refractivity contribution in [2.75, 3.05) is 5.32 Å². The molecule has 0 unspecified atom stereocenters. The third kappa shape index (κ3) is 3.99. The van der Waals surface area contributed by atoms with Gasteiger partial charge in [-0.3, -0.25) is 4.79 Å². The zero-order chi connectivity index (χ0) is 16.1. The summed E-state index contributed by atoms with van der Waals surface area (Å²) in [5, 5.41) is 3.50. The maximum atomic E-state index is 12.4. The first-order valence-electron chi connectivity index (χ1n) is 7.31. The first-order valence-corrected chi connectivity index (χ1v) is 7.69. The maximum absolute atomic E-state index is 12.4. The Morgan fingerprint density at radius 2 is 1.83 bits per heavy atom. The van der Waals surface area contributed by atoms with Gasteiger partial charge < -0.3 is 9.88 Å². The van der Waals surface area contributed by atoms with Gasteiger partial charge in [-0.15, -0.1) is 0 Å². The molecule has 0 saturated carbocycles. The van der Waals surface area contributed by atoms with E-state index in [1.165, 1.54) is 0 Å². The van der Waals surface area contributed by atoms with Gasteiger partial charge in [0.05, 0.1) is 12.5 Å². The van der Waals surface area contributed by atoms with Gasteiger partial charge in [-0.05, 0) is 42.0 Å². The van der Waals surface area contributed by atoms with Crippen LogP contribution in [0.2, 0.25) is 5.02 Å². The van der Waals surface area contributed by atoms with Gasteiger partial charge in [0.25, 0.3) is 0 Å². The highest BCUT2D eigenvalue weighted by Gasteiger charge is 2.17. The van der Waals surface area contributed by atoms with E-state index in [2.05, 4.69) is 10.3 Å². The fourth-order valence-corrected chi connectivity index (χ4v) is 2.57. The number of benzene rings is 1. The summed E-state index contributed by atoms with van der Waals surface area (Å²) in [5.41, 5.74) is 1.03. The summed E-state index contributed by atoms with van der Waals surface area (Å²) < 4.78 is 2.02. The Morgan fingerprint density at radius 1 is 1.09 bits per heavy atom. The Kier molecular flexibility index (Phi) is 4.74. The molecule has 0 saturated heterocycles. The number of halogens is 1. The van der Waals surface area contributed by atoms with Gasteiger partial charge in [0.2, 0.25) is 5.91 Å². The molecule has 2 aromatic heterocycles. The third-order valence-electron chi connectivity index (χ3n) is 3.55. The number of carbonyl (C=O) groups is 1. The van der Waals surface area contributed by atoms with E-state index in [0.717, 1.165) is 5.56 Å². The van der Waals surface area contributed by atoms with Crippen molar-refractivity contribution in [2.45, 2.75) is 12.5 Å². The van der Waals surface area contributed by atoms with Crippen molar-refractivity contribution in [2.24, 2.45) is 0 Å². The van der Waals surface area contributed by atoms with Crippen molar-refractivity contribution in [1.29, 1.82) is 0 Å². The van der Waals surface area contributed by atoms with Crippen LogP contribution in [0.3, 0.4) is 0 Å². The summed E-state index contributed by atoms with van der Waals surface area (Å²) in [7, 11) is 0. The van der Waals surface area contributed by atoms with Gasteiger partial charge in [0.1, 0.15) is 5.82 Å². The number of nitrogens with one attached hydrogen (secondary N) is 1. The molecule has 23 heavy (non-hydrogen) atoms. The topological polar surface area (TPSA) is 46.9 Å². The number of nitrogens with zero attached hydrogens (tertiary/aromatic N) is 2. The molecule has 1 N–H and O–H groups in total. The quantitative estimate of drug-likeness (QED) is 0.765. The van der Waals surface area contributed by atoms with Crippen LogP contribution < -0.4 is 5.32 Å². The highest BCUT2D eigenvalue weighted by molar-refractivity contribution is 6.30. The number of amides is 1. The minimum atomic E-state index is -0.0917. The molecule has 0 aliphatic carbocycles. The molecule has 3 rings (SSSR count). The molecule has 0 aliphatic heterocycles. The van der Waals surface area contributed by atoms with Gasteiger partial charge in [-0.1, -0.05) is 29.8 Å². The molecule has 5 heteroatoms. The average Bonchev–Trinajstić information content (AvgIpc) is 3.09. The summed E-state index contributed by atoms with van der Waals surface area (Å²) in [6.45, 7) is 0. The Hall–Kier alpha value is -2.59. The summed E-state index contributed by atoms with van der Waals surface area (Å²) in [5.74, 6) is 0.470. The van der Waals surface area contributed by atoms with Gasteiger partial charge in [-0.2, -0.15) is 0 Å². The highest BCUT2D eigenvalue weighted by Crippen LogP contribution is 2.24. The van der Waals surface area contributed by atoms with E-state index in [9.17, 15) is 4.79 Å². The first-order chi connectivity index (χ1) is 11.2. The fraction of sp³-hybridized carbons (Fsp3) is 0.111. The van der Waals surface area contributed by atoms with E-state index in [-0.39, 0.29) is 11.9 Å². The van der Waals surface area contributed by atoms with E-state index in [1.807, 2.05) is 65.5 Å². The smallest absolute Gasteiger partial charge is 0.227 e. The van der Waals surface area contributed by atoms with Crippen molar-refractivity contribution in [3.8, 4) is 0 Å². The summed E-state index contributed by atoms with van der Waals surface area (Å²) in [6, 6.07) is 16.8. The van der Waals surface area contributed by atoms with Crippen LogP contribution in [-0.4, -0.2) is 15.5 Å². The number of anilines is 1. The van der Waals surface area contributed by atoms with Crippen LogP contribution in [0.1, 0.15) is 18.0 Å². The van der Waals surface area contributed by atoms with Gasteiger partial charge in [0, 0.05) is 23.6 Å². The minimum absolute atomic E-state index is 0.0858. The zero-order valence-corrected chi connectivity index (χ0v) is 13.1. The average molecular weight is 326 g/mol. The molecule has 0 spiro atoms. The number of pyridine rings is 1. The molecule has 4 nitrogen and oxygen atoms in total. The van der Waals surface area contributed by atoms with Crippen LogP contribution in [0.15, 0.2) is 73.2 Å². The van der Waals surface area contributed by atoms with Gasteiger partial charge in [0.15, 0.2) is 0 Å². The van der Waals surface area contributed by atoms with Gasteiger partial charge >= 0.3 is 0 Å². The van der Waals surface area contributed by atoms with Crippen molar-refractivity contribution in [1.82, 2.24) is 9.55 Å². The monoisotopic (exact) mass is 325 g/mol. The summed E-state index contributed by atoms with van der Waals surface area (Å²) in [6.07, 6.45) is 5.87. The second-order valence-corrected chi connectivity index (χ2v) is 5.60. The van der Waals surface area contributed by atoms with E-state index in [4.69, 9.17) is 11.6 Å². The third-order valence-corrected chi connectivity index (χ3v) is 3.81. The SMILES string of the molecule is O=C(C[C@@H](c1ccc(Cl)cc1)n1cccc1)Nc1ccccn1. The first kappa shape index (κ1) is 15.3. The van der Waals surface area contributed by atoms with Crippen LogP contribution in [0.5, 0.6) is 0 Å². The molecule has 0 fully saturated rings. The second-order valence-electron chi connectivity index (χ2n) is 5.16. The fourth-order valence-electron chi connectivity index (χ4n) is 2.44. The molecule has 1 atom stereocenters. The Labute approximate surface area is 139 Å². The second kappa shape index (κ2) is 7.11. The molecular weight excluding hydrogens is 310 g/mol. The molecule has 0 radical (unpaired) electrons. The lowest BCUT2D eigenvalue weighted by Gasteiger charge is -2.19. The lowest BCUT2D eigenvalue weighted by Crippen LogP contribution is -2.20. The number of carbonyl (C=O) groups excluding carboxylic acids is 1. The predicted molar refractivity (Wildman–Crippen MR) is 91.5 cm³/mol. The number of aromatic nitrogens is 2. The standard InChI is InChI=1S/C18H16ClN3O/c19-15-8-6-14(7-9-15)16(22-11-3-4-12-22)13-18(23)21-17-5-1-2-10-20-17/h1-12,16H,13H2,(H,20,21,23)/t16-/m0/s1. The van der Waals surface area contributed by atoms with Crippen LogP contribution in [0.25, 0.3) is 0 Å². The molecule has 0 bridgehead atoms. The maximum Gasteiger partial charge on any atom is 0.227 e. The Morgan fingerprint density at radius 3 is 2.48 bits per heavy atom. The van der Waals surface area contributed by atoms with Crippen molar-refractivity contribution >= 4 is 23.3 Å². The molecule has 3 aromatic rings. The summed E-state index contributed by atoms with van der Waals surface area (Å²) >= 11 is 5.96. The van der Waals surface area contributed by atoms with E-state index in [1.54, 1.807) is 12.3 Å². The van der Waals surface area contributed by atoms with Crippen LogP contribution in [0, 0.1) is 0 Å². The Bertz CT molecular complexity index is 755. The normalized spacial score (nSPS) is 11.9. The molecule has 0 aliphatic rings. The Balaban J connectivity index is 1.79. The molecular formula is C18H16ClN3O. The van der Waals surface area contributed by atoms with Crippen LogP contribution in [-0.2, 0) is 4.79 Å². The highest BCUT2D eigenvalue weighted by atomic mass is 35.5. The van der Waals surface area contributed by atoms with Crippen LogP contribution in [0.4, 0.5) is 5.82 Å². The molecule has 1 aromatic carbocycles. The number of hydrogen-bond acceptors (Lipinski definition) is 2. The van der Waals surface area contributed by atoms with E-state index >= 15 is 0 Å². The van der Waals surface area contributed by atoms with Crippen molar-refractivity contribution in [3.63, 3.8) is 0 Å². The van der Waals surface area contributed by atoms with Gasteiger partial charge in [-0.25, -0.2) is 4.98 Å². The minimum Gasteiger partial charge on any atom is -0.346 e. The molecule has 116 valence electrons. The molecule has 2 heterocycles. The zero-order valence-electron chi connectivity index (χ0n) is 12.4. The van der Waals surface area contributed by atoms with Crippen molar-refractivity contribution in [3.05, 3.63) is 83.8 Å². The summed E-state index contributed by atoms with van der Waals surface area (Å²) in [4.78, 5) is 16.5. The number of rotatable bonds is 5. The lowest BCUT2D eigenvalue weighted by atomic mass is 10.0. The predicted octanol–water partition coefficient (Wildman–Crippen LogP) is 4.15. The van der Waals surface area contributed by atoms with E-state index < -0.39 is 0 Å².